The molecule has 0 saturated heterocycles. The van der Waals surface area contributed by atoms with Crippen LogP contribution in [0.2, 0.25) is 0 Å². The molecule has 0 spiro atoms. The molecule has 0 saturated carbocycles. The monoisotopic (exact) mass is 265 g/mol. The summed E-state index contributed by atoms with van der Waals surface area (Å²) in [5, 5.41) is 22.0. The standard InChI is InChI=1S/C15H23NO3/c1-3-5-8-11(7-4-2)16-15(19)12-9-6-10-13(17)14(12)18/h6,9-11,17-18H,3-5,7-8H2,1-2H3,(H,16,19). The van der Waals surface area contributed by atoms with Crippen LogP contribution in [0.4, 0.5) is 0 Å². The van der Waals surface area contributed by atoms with Gasteiger partial charge in [0.1, 0.15) is 0 Å². The van der Waals surface area contributed by atoms with Crippen LogP contribution in [0.15, 0.2) is 18.2 Å². The lowest BCUT2D eigenvalue weighted by Crippen LogP contribution is -2.34. The fourth-order valence-electron chi connectivity index (χ4n) is 2.07. The number of benzene rings is 1. The normalized spacial score (nSPS) is 12.1. The predicted octanol–water partition coefficient (Wildman–Crippen LogP) is 3.19. The Bertz CT molecular complexity index is 418. The van der Waals surface area contributed by atoms with Crippen LogP contribution < -0.4 is 5.32 Å². The molecule has 0 aliphatic heterocycles. The highest BCUT2D eigenvalue weighted by Gasteiger charge is 2.17. The van der Waals surface area contributed by atoms with E-state index in [-0.39, 0.29) is 29.0 Å². The summed E-state index contributed by atoms with van der Waals surface area (Å²) >= 11 is 0. The lowest BCUT2D eigenvalue weighted by molar-refractivity contribution is 0.0929. The number of rotatable bonds is 7. The zero-order valence-corrected chi connectivity index (χ0v) is 11.6. The summed E-state index contributed by atoms with van der Waals surface area (Å²) in [6, 6.07) is 4.53. The molecule has 1 unspecified atom stereocenters. The van der Waals surface area contributed by atoms with Gasteiger partial charge in [0.05, 0.1) is 5.56 Å². The van der Waals surface area contributed by atoms with Crippen LogP contribution >= 0.6 is 0 Å². The van der Waals surface area contributed by atoms with Crippen LogP contribution in [-0.4, -0.2) is 22.2 Å². The van der Waals surface area contributed by atoms with Gasteiger partial charge in [-0.3, -0.25) is 4.79 Å². The van der Waals surface area contributed by atoms with Crippen LogP contribution in [-0.2, 0) is 0 Å². The highest BCUT2D eigenvalue weighted by atomic mass is 16.3. The smallest absolute Gasteiger partial charge is 0.255 e. The number of nitrogens with one attached hydrogen (secondary N) is 1. The first-order chi connectivity index (χ1) is 9.10. The van der Waals surface area contributed by atoms with Gasteiger partial charge in [-0.2, -0.15) is 0 Å². The highest BCUT2D eigenvalue weighted by molar-refractivity contribution is 5.97. The average Bonchev–Trinajstić information content (AvgIpc) is 2.39. The van der Waals surface area contributed by atoms with Crippen molar-refractivity contribution in [2.45, 2.75) is 52.0 Å². The molecule has 0 fully saturated rings. The molecule has 0 bridgehead atoms. The summed E-state index contributed by atoms with van der Waals surface area (Å²) in [6.45, 7) is 4.20. The van der Waals surface area contributed by atoms with E-state index in [0.717, 1.165) is 32.1 Å². The molecule has 1 atom stereocenters. The molecule has 4 nitrogen and oxygen atoms in total. The number of unbranched alkanes of at least 4 members (excludes halogenated alkanes) is 1. The Balaban J connectivity index is 2.72. The Hall–Kier alpha value is -1.71. The topological polar surface area (TPSA) is 69.6 Å². The number of carbonyl (C=O) groups excluding carboxylic acids is 1. The quantitative estimate of drug-likeness (QED) is 0.663. The second-order valence-corrected chi connectivity index (χ2v) is 4.77. The molecule has 3 N–H and O–H groups in total. The van der Waals surface area contributed by atoms with Crippen molar-refractivity contribution in [3.8, 4) is 11.5 Å². The summed E-state index contributed by atoms with van der Waals surface area (Å²) in [5.74, 6) is -0.957. The molecule has 1 aromatic rings. The predicted molar refractivity (Wildman–Crippen MR) is 75.5 cm³/mol. The van der Waals surface area contributed by atoms with Crippen molar-refractivity contribution in [3.05, 3.63) is 23.8 Å². The van der Waals surface area contributed by atoms with E-state index in [1.807, 2.05) is 0 Å². The van der Waals surface area contributed by atoms with Gasteiger partial charge in [-0.15, -0.1) is 0 Å². The van der Waals surface area contributed by atoms with Gasteiger partial charge in [0.15, 0.2) is 11.5 Å². The lowest BCUT2D eigenvalue weighted by atomic mass is 10.0. The van der Waals surface area contributed by atoms with Gasteiger partial charge in [-0.05, 0) is 25.0 Å². The summed E-state index contributed by atoms with van der Waals surface area (Å²) in [7, 11) is 0. The van der Waals surface area contributed by atoms with E-state index in [2.05, 4.69) is 19.2 Å². The molecule has 0 radical (unpaired) electrons. The number of hydrogen-bond acceptors (Lipinski definition) is 3. The Morgan fingerprint density at radius 2 is 1.95 bits per heavy atom. The Morgan fingerprint density at radius 3 is 2.58 bits per heavy atom. The number of phenols is 2. The number of phenolic OH excluding ortho intramolecular Hbond substituents is 2. The molecule has 0 heterocycles. The Labute approximate surface area is 114 Å². The van der Waals surface area contributed by atoms with Crippen molar-refractivity contribution in [1.29, 1.82) is 0 Å². The minimum Gasteiger partial charge on any atom is -0.504 e. The number of aromatic hydroxyl groups is 2. The number of para-hydroxylation sites is 1. The van der Waals surface area contributed by atoms with Crippen molar-refractivity contribution in [1.82, 2.24) is 5.32 Å². The van der Waals surface area contributed by atoms with E-state index in [9.17, 15) is 15.0 Å². The molecule has 4 heteroatoms. The van der Waals surface area contributed by atoms with E-state index in [4.69, 9.17) is 0 Å². The summed E-state index contributed by atoms with van der Waals surface area (Å²) in [5.41, 5.74) is 0.123. The average molecular weight is 265 g/mol. The van der Waals surface area contributed by atoms with Gasteiger partial charge in [-0.25, -0.2) is 0 Å². The third-order valence-electron chi connectivity index (χ3n) is 3.14. The van der Waals surface area contributed by atoms with Gasteiger partial charge in [-0.1, -0.05) is 39.2 Å². The van der Waals surface area contributed by atoms with Gasteiger partial charge in [0.2, 0.25) is 0 Å². The third kappa shape index (κ3) is 4.47. The van der Waals surface area contributed by atoms with Gasteiger partial charge >= 0.3 is 0 Å². The van der Waals surface area contributed by atoms with Crippen molar-refractivity contribution in [3.63, 3.8) is 0 Å². The molecule has 0 aliphatic rings. The second kappa shape index (κ2) is 7.67. The first-order valence-electron chi connectivity index (χ1n) is 6.91. The maximum absolute atomic E-state index is 12.1. The van der Waals surface area contributed by atoms with Crippen molar-refractivity contribution < 1.29 is 15.0 Å². The minimum atomic E-state index is -0.356. The summed E-state index contributed by atoms with van der Waals surface area (Å²) in [6.07, 6.45) is 5.02. The van der Waals surface area contributed by atoms with Gasteiger partial charge < -0.3 is 15.5 Å². The SMILES string of the molecule is CCCCC(CCC)NC(=O)c1cccc(O)c1O. The first-order valence-corrected chi connectivity index (χ1v) is 6.91. The van der Waals surface area contributed by atoms with Crippen molar-refractivity contribution >= 4 is 5.91 Å². The second-order valence-electron chi connectivity index (χ2n) is 4.77. The first kappa shape index (κ1) is 15.3. The summed E-state index contributed by atoms with van der Waals surface area (Å²) in [4.78, 5) is 12.1. The molecule has 19 heavy (non-hydrogen) atoms. The molecule has 106 valence electrons. The largest absolute Gasteiger partial charge is 0.504 e. The molecular weight excluding hydrogens is 242 g/mol. The zero-order valence-electron chi connectivity index (χ0n) is 11.6. The van der Waals surface area contributed by atoms with E-state index >= 15 is 0 Å². The van der Waals surface area contributed by atoms with Crippen LogP contribution in [0.1, 0.15) is 56.3 Å². The Kier molecular flexibility index (Phi) is 6.19. The number of amides is 1. The molecular formula is C15H23NO3. The molecule has 1 amide bonds. The van der Waals surface area contributed by atoms with Crippen molar-refractivity contribution in [2.24, 2.45) is 0 Å². The maximum atomic E-state index is 12.1. The third-order valence-corrected chi connectivity index (χ3v) is 3.14. The van der Waals surface area contributed by atoms with Crippen molar-refractivity contribution in [2.75, 3.05) is 0 Å². The maximum Gasteiger partial charge on any atom is 0.255 e. The molecule has 1 rings (SSSR count). The molecule has 0 aliphatic carbocycles. The van der Waals surface area contributed by atoms with E-state index < -0.39 is 0 Å². The molecule has 1 aromatic carbocycles. The van der Waals surface area contributed by atoms with Crippen LogP contribution in [0.5, 0.6) is 11.5 Å². The van der Waals surface area contributed by atoms with E-state index in [1.165, 1.54) is 12.1 Å². The highest BCUT2D eigenvalue weighted by Crippen LogP contribution is 2.28. The van der Waals surface area contributed by atoms with Crippen LogP contribution in [0.3, 0.4) is 0 Å². The van der Waals surface area contributed by atoms with Crippen LogP contribution in [0, 0.1) is 0 Å². The molecule has 0 aromatic heterocycles. The van der Waals surface area contributed by atoms with E-state index in [0.29, 0.717) is 0 Å². The number of carbonyl (C=O) groups is 1. The zero-order chi connectivity index (χ0) is 14.3. The van der Waals surface area contributed by atoms with E-state index in [1.54, 1.807) is 6.07 Å². The summed E-state index contributed by atoms with van der Waals surface area (Å²) < 4.78 is 0. The Morgan fingerprint density at radius 1 is 1.21 bits per heavy atom. The fourth-order valence-corrected chi connectivity index (χ4v) is 2.07. The fraction of sp³-hybridized carbons (Fsp3) is 0.533. The number of hydrogen-bond donors (Lipinski definition) is 3. The van der Waals surface area contributed by atoms with Crippen LogP contribution in [0.25, 0.3) is 0 Å². The minimum absolute atomic E-state index is 0.123. The lowest BCUT2D eigenvalue weighted by Gasteiger charge is -2.18. The van der Waals surface area contributed by atoms with Gasteiger partial charge in [0, 0.05) is 6.04 Å². The van der Waals surface area contributed by atoms with Gasteiger partial charge in [0.25, 0.3) is 5.91 Å².